The van der Waals surface area contributed by atoms with Crippen LogP contribution in [-0.4, -0.2) is 10.9 Å². The van der Waals surface area contributed by atoms with Gasteiger partial charge < -0.3 is 5.11 Å². The molecule has 2 rings (SSSR count). The minimum atomic E-state index is -0.398. The van der Waals surface area contributed by atoms with Gasteiger partial charge in [0, 0.05) is 10.0 Å². The molecule has 0 unspecified atom stereocenters. The highest BCUT2D eigenvalue weighted by atomic mass is 79.9. The monoisotopic (exact) mass is 320 g/mol. The van der Waals surface area contributed by atoms with Gasteiger partial charge in [-0.05, 0) is 36.4 Å². The van der Waals surface area contributed by atoms with Crippen LogP contribution in [0.15, 0.2) is 53.0 Å². The number of halogens is 2. The van der Waals surface area contributed by atoms with E-state index in [4.69, 9.17) is 0 Å². The molecular formula is C15H10BrFO2. The van der Waals surface area contributed by atoms with E-state index in [1.807, 2.05) is 0 Å². The normalized spacial score (nSPS) is 10.8. The number of phenols is 1. The van der Waals surface area contributed by atoms with Crippen molar-refractivity contribution in [2.75, 3.05) is 0 Å². The first-order chi connectivity index (χ1) is 9.08. The van der Waals surface area contributed by atoms with Gasteiger partial charge in [-0.15, -0.1) is 0 Å². The zero-order valence-corrected chi connectivity index (χ0v) is 11.4. The molecule has 0 spiro atoms. The van der Waals surface area contributed by atoms with Gasteiger partial charge in [0.15, 0.2) is 5.78 Å². The van der Waals surface area contributed by atoms with Crippen molar-refractivity contribution >= 4 is 27.8 Å². The van der Waals surface area contributed by atoms with E-state index in [0.29, 0.717) is 10.0 Å². The number of hydrogen-bond donors (Lipinski definition) is 1. The van der Waals surface area contributed by atoms with Gasteiger partial charge in [-0.3, -0.25) is 4.79 Å². The molecule has 2 aromatic rings. The quantitative estimate of drug-likeness (QED) is 0.680. The number of aromatic hydroxyl groups is 1. The van der Waals surface area contributed by atoms with Gasteiger partial charge in [0.1, 0.15) is 11.6 Å². The maximum Gasteiger partial charge on any atom is 0.189 e. The summed E-state index contributed by atoms with van der Waals surface area (Å²) in [6, 6.07) is 10.7. The number of phenolic OH excluding ortho intramolecular Hbond substituents is 1. The van der Waals surface area contributed by atoms with E-state index < -0.39 is 5.82 Å². The molecule has 0 heterocycles. The molecule has 0 aromatic heterocycles. The highest BCUT2D eigenvalue weighted by Crippen LogP contribution is 2.23. The van der Waals surface area contributed by atoms with Gasteiger partial charge in [0.2, 0.25) is 0 Å². The third-order valence-electron chi connectivity index (χ3n) is 2.54. The molecule has 0 bridgehead atoms. The molecule has 19 heavy (non-hydrogen) atoms. The first-order valence-corrected chi connectivity index (χ1v) is 6.32. The van der Waals surface area contributed by atoms with Gasteiger partial charge in [0.05, 0.1) is 5.56 Å². The second kappa shape index (κ2) is 5.80. The SMILES string of the molecule is O=C(/C=C/c1ccccc1F)c1cc(Br)ccc1O. The predicted octanol–water partition coefficient (Wildman–Crippen LogP) is 4.19. The summed E-state index contributed by atoms with van der Waals surface area (Å²) in [6.45, 7) is 0. The van der Waals surface area contributed by atoms with Crippen LogP contribution in [0, 0.1) is 5.82 Å². The summed E-state index contributed by atoms with van der Waals surface area (Å²) in [7, 11) is 0. The van der Waals surface area contributed by atoms with Crippen LogP contribution in [0.25, 0.3) is 6.08 Å². The lowest BCUT2D eigenvalue weighted by Gasteiger charge is -2.01. The van der Waals surface area contributed by atoms with Crippen molar-refractivity contribution in [2.45, 2.75) is 0 Å². The van der Waals surface area contributed by atoms with Gasteiger partial charge in [-0.2, -0.15) is 0 Å². The molecule has 0 saturated carbocycles. The lowest BCUT2D eigenvalue weighted by molar-refractivity contribution is 0.104. The summed E-state index contributed by atoms with van der Waals surface area (Å²) in [5.74, 6) is -0.890. The molecular weight excluding hydrogens is 311 g/mol. The fraction of sp³-hybridized carbons (Fsp3) is 0. The molecule has 0 aliphatic rings. The predicted molar refractivity (Wildman–Crippen MR) is 75.6 cm³/mol. The van der Waals surface area contributed by atoms with E-state index >= 15 is 0 Å². The standard InChI is InChI=1S/C15H10BrFO2/c16-11-6-8-15(19)12(9-11)14(18)7-5-10-3-1-2-4-13(10)17/h1-9,19H/b7-5+. The van der Waals surface area contributed by atoms with Crippen LogP contribution >= 0.6 is 15.9 Å². The number of ketones is 1. The van der Waals surface area contributed by atoms with E-state index in [-0.39, 0.29) is 17.1 Å². The maximum absolute atomic E-state index is 13.4. The first-order valence-electron chi connectivity index (χ1n) is 5.53. The third kappa shape index (κ3) is 3.29. The van der Waals surface area contributed by atoms with Crippen LogP contribution in [0.1, 0.15) is 15.9 Å². The Bertz CT molecular complexity index is 650. The van der Waals surface area contributed by atoms with E-state index in [9.17, 15) is 14.3 Å². The number of hydrogen-bond acceptors (Lipinski definition) is 2. The highest BCUT2D eigenvalue weighted by molar-refractivity contribution is 9.10. The molecule has 4 heteroatoms. The average molecular weight is 321 g/mol. The minimum Gasteiger partial charge on any atom is -0.507 e. The fourth-order valence-electron chi connectivity index (χ4n) is 1.57. The van der Waals surface area contributed by atoms with Crippen LogP contribution in [0.4, 0.5) is 4.39 Å². The van der Waals surface area contributed by atoms with Crippen molar-refractivity contribution < 1.29 is 14.3 Å². The summed E-state index contributed by atoms with van der Waals surface area (Å²) in [5.41, 5.74) is 0.493. The first kappa shape index (κ1) is 13.5. The molecule has 2 nitrogen and oxygen atoms in total. The van der Waals surface area contributed by atoms with Crippen molar-refractivity contribution in [3.05, 3.63) is 70.0 Å². The van der Waals surface area contributed by atoms with E-state index in [1.54, 1.807) is 24.3 Å². The van der Waals surface area contributed by atoms with Crippen LogP contribution in [0.2, 0.25) is 0 Å². The number of benzene rings is 2. The molecule has 96 valence electrons. The largest absolute Gasteiger partial charge is 0.507 e. The Hall–Kier alpha value is -1.94. The Kier molecular flexibility index (Phi) is 4.12. The number of carbonyl (C=O) groups excluding carboxylic acids is 1. The van der Waals surface area contributed by atoms with Crippen molar-refractivity contribution in [2.24, 2.45) is 0 Å². The Labute approximate surface area is 118 Å². The summed E-state index contributed by atoms with van der Waals surface area (Å²) in [4.78, 5) is 11.9. The average Bonchev–Trinajstić information content (AvgIpc) is 2.40. The van der Waals surface area contributed by atoms with Gasteiger partial charge >= 0.3 is 0 Å². The lowest BCUT2D eigenvalue weighted by Crippen LogP contribution is -1.95. The van der Waals surface area contributed by atoms with Crippen molar-refractivity contribution in [1.82, 2.24) is 0 Å². The van der Waals surface area contributed by atoms with Gasteiger partial charge in [-0.1, -0.05) is 34.1 Å². The third-order valence-corrected chi connectivity index (χ3v) is 3.04. The molecule has 0 saturated heterocycles. The van der Waals surface area contributed by atoms with Crippen molar-refractivity contribution in [1.29, 1.82) is 0 Å². The highest BCUT2D eigenvalue weighted by Gasteiger charge is 2.08. The molecule has 0 atom stereocenters. The van der Waals surface area contributed by atoms with E-state index in [1.165, 1.54) is 30.4 Å². The topological polar surface area (TPSA) is 37.3 Å². The summed E-state index contributed by atoms with van der Waals surface area (Å²) >= 11 is 3.22. The number of rotatable bonds is 3. The number of allylic oxidation sites excluding steroid dienone is 1. The second-order valence-corrected chi connectivity index (χ2v) is 4.80. The minimum absolute atomic E-state index is 0.105. The van der Waals surface area contributed by atoms with E-state index in [2.05, 4.69) is 15.9 Å². The van der Waals surface area contributed by atoms with Crippen molar-refractivity contribution in [3.8, 4) is 5.75 Å². The fourth-order valence-corrected chi connectivity index (χ4v) is 1.93. The zero-order valence-electron chi connectivity index (χ0n) is 9.81. The molecule has 0 aliphatic heterocycles. The van der Waals surface area contributed by atoms with E-state index in [0.717, 1.165) is 0 Å². The maximum atomic E-state index is 13.4. The molecule has 0 radical (unpaired) electrons. The molecule has 0 amide bonds. The molecule has 0 aliphatic carbocycles. The second-order valence-electron chi connectivity index (χ2n) is 3.88. The number of carbonyl (C=O) groups is 1. The molecule has 2 aromatic carbocycles. The Morgan fingerprint density at radius 2 is 1.95 bits per heavy atom. The Morgan fingerprint density at radius 3 is 2.68 bits per heavy atom. The summed E-state index contributed by atoms with van der Waals surface area (Å²) in [5, 5.41) is 9.61. The van der Waals surface area contributed by atoms with Crippen molar-refractivity contribution in [3.63, 3.8) is 0 Å². The van der Waals surface area contributed by atoms with Crippen LogP contribution in [0.3, 0.4) is 0 Å². The molecule has 1 N–H and O–H groups in total. The van der Waals surface area contributed by atoms with Gasteiger partial charge in [-0.25, -0.2) is 4.39 Å². The zero-order chi connectivity index (χ0) is 13.8. The smallest absolute Gasteiger partial charge is 0.189 e. The van der Waals surface area contributed by atoms with Crippen LogP contribution in [-0.2, 0) is 0 Å². The Balaban J connectivity index is 2.26. The van der Waals surface area contributed by atoms with Crippen LogP contribution in [0.5, 0.6) is 5.75 Å². The van der Waals surface area contributed by atoms with Gasteiger partial charge in [0.25, 0.3) is 0 Å². The summed E-state index contributed by atoms with van der Waals surface area (Å²) < 4.78 is 14.1. The Morgan fingerprint density at radius 1 is 1.21 bits per heavy atom. The van der Waals surface area contributed by atoms with Crippen LogP contribution < -0.4 is 0 Å². The molecule has 0 fully saturated rings. The lowest BCUT2D eigenvalue weighted by atomic mass is 10.1. The summed E-state index contributed by atoms with van der Waals surface area (Å²) in [6.07, 6.45) is 2.62.